The molecule has 3 aromatic rings. The summed E-state index contributed by atoms with van der Waals surface area (Å²) in [6.45, 7) is 1.96. The van der Waals surface area contributed by atoms with Crippen LogP contribution >= 0.6 is 11.3 Å². The minimum absolute atomic E-state index is 0.154. The minimum atomic E-state index is -0.244. The first-order valence-electron chi connectivity index (χ1n) is 6.47. The Hall–Kier alpha value is -2.64. The van der Waals surface area contributed by atoms with Gasteiger partial charge >= 0.3 is 0 Å². The number of carbonyl (C=O) groups excluding carboxylic acids is 1. The highest BCUT2D eigenvalue weighted by atomic mass is 32.1. The van der Waals surface area contributed by atoms with Gasteiger partial charge in [0.2, 0.25) is 5.78 Å². The van der Waals surface area contributed by atoms with Crippen LogP contribution < -0.4 is 0 Å². The van der Waals surface area contributed by atoms with Crippen LogP contribution in [0.3, 0.4) is 0 Å². The highest BCUT2D eigenvalue weighted by molar-refractivity contribution is 7.10. The molecule has 0 atom stereocenters. The standard InChI is InChI=1S/C17H12N2OS/c1-11-4-2-6-15-16(11)14(10-19-15)17(20)12(9-18)8-13-5-3-7-21-13/h2-8,10,19H,1H3. The first-order chi connectivity index (χ1) is 10.2. The van der Waals surface area contributed by atoms with Crippen molar-refractivity contribution in [3.63, 3.8) is 0 Å². The number of nitrogens with zero attached hydrogens (tertiary/aromatic N) is 1. The van der Waals surface area contributed by atoms with E-state index in [2.05, 4.69) is 4.98 Å². The number of hydrogen-bond acceptors (Lipinski definition) is 3. The molecule has 0 unspecified atom stereocenters. The zero-order chi connectivity index (χ0) is 14.8. The number of rotatable bonds is 3. The number of fused-ring (bicyclic) bond motifs is 1. The molecule has 2 aromatic heterocycles. The third-order valence-electron chi connectivity index (χ3n) is 3.35. The smallest absolute Gasteiger partial charge is 0.205 e. The highest BCUT2D eigenvalue weighted by Gasteiger charge is 2.17. The molecule has 0 aliphatic rings. The third-order valence-corrected chi connectivity index (χ3v) is 4.17. The monoisotopic (exact) mass is 292 g/mol. The van der Waals surface area contributed by atoms with Crippen molar-refractivity contribution in [2.24, 2.45) is 0 Å². The van der Waals surface area contributed by atoms with Gasteiger partial charge in [-0.15, -0.1) is 11.3 Å². The molecule has 3 nitrogen and oxygen atoms in total. The lowest BCUT2D eigenvalue weighted by Gasteiger charge is -2.00. The predicted molar refractivity (Wildman–Crippen MR) is 85.3 cm³/mol. The number of thiophene rings is 1. The summed E-state index contributed by atoms with van der Waals surface area (Å²) in [5.74, 6) is -0.244. The molecular weight excluding hydrogens is 280 g/mol. The summed E-state index contributed by atoms with van der Waals surface area (Å²) >= 11 is 1.50. The molecule has 0 bridgehead atoms. The number of allylic oxidation sites excluding steroid dienone is 1. The van der Waals surface area contributed by atoms with Crippen molar-refractivity contribution in [1.29, 1.82) is 5.26 Å². The number of aromatic amines is 1. The van der Waals surface area contributed by atoms with Gasteiger partial charge in [0, 0.05) is 27.5 Å². The van der Waals surface area contributed by atoms with Crippen LogP contribution in [0.25, 0.3) is 17.0 Å². The zero-order valence-electron chi connectivity index (χ0n) is 11.4. The lowest BCUT2D eigenvalue weighted by atomic mass is 10.0. The van der Waals surface area contributed by atoms with E-state index < -0.39 is 0 Å². The quantitative estimate of drug-likeness (QED) is 0.444. The third kappa shape index (κ3) is 2.39. The Morgan fingerprint density at radius 2 is 2.19 bits per heavy atom. The fraction of sp³-hybridized carbons (Fsp3) is 0.0588. The molecule has 0 spiro atoms. The Kier molecular flexibility index (Phi) is 3.43. The van der Waals surface area contributed by atoms with E-state index >= 15 is 0 Å². The van der Waals surface area contributed by atoms with E-state index in [0.717, 1.165) is 21.3 Å². The summed E-state index contributed by atoms with van der Waals surface area (Å²) in [4.78, 5) is 16.6. The van der Waals surface area contributed by atoms with Crippen LogP contribution in [0.15, 0.2) is 47.5 Å². The molecule has 2 heterocycles. The van der Waals surface area contributed by atoms with Gasteiger partial charge in [-0.25, -0.2) is 0 Å². The Morgan fingerprint density at radius 3 is 2.90 bits per heavy atom. The number of nitriles is 1. The Morgan fingerprint density at radius 1 is 1.33 bits per heavy atom. The fourth-order valence-electron chi connectivity index (χ4n) is 2.36. The normalized spacial score (nSPS) is 11.5. The predicted octanol–water partition coefficient (Wildman–Crippen LogP) is 4.33. The van der Waals surface area contributed by atoms with Crippen molar-refractivity contribution in [3.05, 3.63) is 63.5 Å². The molecule has 1 aromatic carbocycles. The second-order valence-corrected chi connectivity index (χ2v) is 5.69. The molecule has 102 valence electrons. The summed E-state index contributed by atoms with van der Waals surface area (Å²) in [6.07, 6.45) is 3.32. The van der Waals surface area contributed by atoms with Gasteiger partial charge in [0.1, 0.15) is 11.6 Å². The number of nitrogens with one attached hydrogen (secondary N) is 1. The molecule has 4 heteroatoms. The summed E-state index contributed by atoms with van der Waals surface area (Å²) in [6, 6.07) is 11.6. The number of H-pyrrole nitrogens is 1. The van der Waals surface area contributed by atoms with Crippen LogP contribution in [0, 0.1) is 18.3 Å². The summed E-state index contributed by atoms with van der Waals surface area (Å²) in [5.41, 5.74) is 2.63. The van der Waals surface area contributed by atoms with Crippen LogP contribution in [0.5, 0.6) is 0 Å². The van der Waals surface area contributed by atoms with Gasteiger partial charge in [-0.3, -0.25) is 4.79 Å². The lowest BCUT2D eigenvalue weighted by molar-refractivity contribution is 0.104. The average Bonchev–Trinajstić information content (AvgIpc) is 3.14. The maximum absolute atomic E-state index is 12.6. The van der Waals surface area contributed by atoms with Gasteiger partial charge in [0.05, 0.1) is 0 Å². The van der Waals surface area contributed by atoms with Gasteiger partial charge < -0.3 is 4.98 Å². The van der Waals surface area contributed by atoms with E-state index in [1.54, 1.807) is 12.3 Å². The van der Waals surface area contributed by atoms with E-state index in [1.807, 2.05) is 48.7 Å². The van der Waals surface area contributed by atoms with E-state index in [0.29, 0.717) is 5.56 Å². The van der Waals surface area contributed by atoms with E-state index in [4.69, 9.17) is 0 Å². The zero-order valence-corrected chi connectivity index (χ0v) is 12.2. The van der Waals surface area contributed by atoms with Gasteiger partial charge in [-0.2, -0.15) is 5.26 Å². The average molecular weight is 292 g/mol. The molecule has 0 aliphatic heterocycles. The second-order valence-electron chi connectivity index (χ2n) is 4.71. The number of aryl methyl sites for hydroxylation is 1. The van der Waals surface area contributed by atoms with Gasteiger partial charge in [-0.05, 0) is 36.1 Å². The number of carbonyl (C=O) groups is 1. The Balaban J connectivity index is 2.10. The molecular formula is C17H12N2OS. The summed E-state index contributed by atoms with van der Waals surface area (Å²) < 4.78 is 0. The maximum Gasteiger partial charge on any atom is 0.205 e. The molecule has 0 fully saturated rings. The van der Waals surface area contributed by atoms with E-state index in [9.17, 15) is 10.1 Å². The van der Waals surface area contributed by atoms with E-state index in [-0.39, 0.29) is 11.4 Å². The second kappa shape index (κ2) is 5.39. The first kappa shape index (κ1) is 13.3. The molecule has 0 aliphatic carbocycles. The van der Waals surface area contributed by atoms with Crippen molar-refractivity contribution in [3.8, 4) is 6.07 Å². The Bertz CT molecular complexity index is 879. The van der Waals surface area contributed by atoms with Crippen LogP contribution in [-0.2, 0) is 0 Å². The summed E-state index contributed by atoms with van der Waals surface area (Å²) in [7, 11) is 0. The van der Waals surface area contributed by atoms with Crippen molar-refractivity contribution in [2.45, 2.75) is 6.92 Å². The first-order valence-corrected chi connectivity index (χ1v) is 7.35. The summed E-state index contributed by atoms with van der Waals surface area (Å²) in [5, 5.41) is 12.1. The molecule has 1 N–H and O–H groups in total. The van der Waals surface area contributed by atoms with Gasteiger partial charge in [0.15, 0.2) is 0 Å². The van der Waals surface area contributed by atoms with Gasteiger partial charge in [-0.1, -0.05) is 18.2 Å². The van der Waals surface area contributed by atoms with Gasteiger partial charge in [0.25, 0.3) is 0 Å². The number of Topliss-reactive ketones (excluding diaryl/α,β-unsaturated/α-hetero) is 1. The molecule has 0 saturated carbocycles. The molecule has 0 amide bonds. The molecule has 0 radical (unpaired) electrons. The van der Waals surface area contributed by atoms with Crippen LogP contribution in [0.4, 0.5) is 0 Å². The van der Waals surface area contributed by atoms with Crippen molar-refractivity contribution in [1.82, 2.24) is 4.98 Å². The van der Waals surface area contributed by atoms with Crippen LogP contribution in [0.1, 0.15) is 20.8 Å². The van der Waals surface area contributed by atoms with Crippen molar-refractivity contribution >= 4 is 34.1 Å². The SMILES string of the molecule is Cc1cccc2[nH]cc(C(=O)C(C#N)=Cc3cccs3)c12. The minimum Gasteiger partial charge on any atom is -0.360 e. The molecule has 0 saturated heterocycles. The molecule has 3 rings (SSSR count). The van der Waals surface area contributed by atoms with Crippen LogP contribution in [-0.4, -0.2) is 10.8 Å². The number of benzene rings is 1. The largest absolute Gasteiger partial charge is 0.360 e. The maximum atomic E-state index is 12.6. The van der Waals surface area contributed by atoms with Crippen molar-refractivity contribution < 1.29 is 4.79 Å². The van der Waals surface area contributed by atoms with Crippen molar-refractivity contribution in [2.75, 3.05) is 0 Å². The number of aromatic nitrogens is 1. The Labute approximate surface area is 126 Å². The van der Waals surface area contributed by atoms with Crippen LogP contribution in [0.2, 0.25) is 0 Å². The highest BCUT2D eigenvalue weighted by Crippen LogP contribution is 2.25. The molecule has 21 heavy (non-hydrogen) atoms. The number of ketones is 1. The topological polar surface area (TPSA) is 56.6 Å². The lowest BCUT2D eigenvalue weighted by Crippen LogP contribution is -2.01. The number of hydrogen-bond donors (Lipinski definition) is 1. The van der Waals surface area contributed by atoms with E-state index in [1.165, 1.54) is 11.3 Å². The fourth-order valence-corrected chi connectivity index (χ4v) is 3.01.